The van der Waals surface area contributed by atoms with Gasteiger partial charge in [0.2, 0.25) is 0 Å². The van der Waals surface area contributed by atoms with Crippen molar-refractivity contribution >= 4 is 22.7 Å². The average molecular weight is 230 g/mol. The molecule has 0 aromatic rings. The second-order valence-electron chi connectivity index (χ2n) is 3.94. The van der Waals surface area contributed by atoms with Crippen molar-refractivity contribution in [1.29, 1.82) is 0 Å². The van der Waals surface area contributed by atoms with Crippen LogP contribution in [0.1, 0.15) is 52.9 Å². The predicted molar refractivity (Wildman–Crippen MR) is 66.1 cm³/mol. The monoisotopic (exact) mass is 230 g/mol. The van der Waals surface area contributed by atoms with Gasteiger partial charge in [0.1, 0.15) is 5.78 Å². The average Bonchev–Trinajstić information content (AvgIpc) is 2.21. The van der Waals surface area contributed by atoms with Crippen LogP contribution in [0.25, 0.3) is 0 Å². The highest BCUT2D eigenvalue weighted by Crippen LogP contribution is 2.18. The van der Waals surface area contributed by atoms with Crippen molar-refractivity contribution in [2.75, 3.05) is 5.75 Å². The molecule has 0 aromatic carbocycles. The Hall–Kier alpha value is -0.310. The minimum Gasteiger partial charge on any atom is -0.299 e. The van der Waals surface area contributed by atoms with Crippen LogP contribution in [0.5, 0.6) is 0 Å². The lowest BCUT2D eigenvalue weighted by Gasteiger charge is -2.12. The first kappa shape index (κ1) is 14.7. The highest BCUT2D eigenvalue weighted by molar-refractivity contribution is 8.14. The number of ketones is 1. The van der Waals surface area contributed by atoms with Gasteiger partial charge in [-0.1, -0.05) is 51.3 Å². The molecule has 0 amide bonds. The SMILES string of the molecule is CCCCC(CC)CC(=O)CSC(C)=O. The summed E-state index contributed by atoms with van der Waals surface area (Å²) in [5, 5.41) is 0.0324. The van der Waals surface area contributed by atoms with Crippen LogP contribution < -0.4 is 0 Å². The number of unbranched alkanes of at least 4 members (excludes halogenated alkanes) is 1. The van der Waals surface area contributed by atoms with Crippen LogP contribution in [0.4, 0.5) is 0 Å². The summed E-state index contributed by atoms with van der Waals surface area (Å²) in [6, 6.07) is 0. The molecule has 0 spiro atoms. The molecule has 0 heterocycles. The van der Waals surface area contributed by atoms with Crippen LogP contribution in [-0.4, -0.2) is 16.7 Å². The maximum absolute atomic E-state index is 11.5. The van der Waals surface area contributed by atoms with Crippen LogP contribution in [0.3, 0.4) is 0 Å². The number of Topliss-reactive ketones (excluding diaryl/α,β-unsaturated/α-hetero) is 1. The van der Waals surface area contributed by atoms with Gasteiger partial charge in [0.25, 0.3) is 0 Å². The number of carbonyl (C=O) groups is 2. The minimum absolute atomic E-state index is 0.0324. The van der Waals surface area contributed by atoms with Gasteiger partial charge in [0, 0.05) is 13.3 Å². The van der Waals surface area contributed by atoms with Crippen LogP contribution in [0, 0.1) is 5.92 Å². The third-order valence-electron chi connectivity index (χ3n) is 2.50. The molecule has 15 heavy (non-hydrogen) atoms. The Morgan fingerprint density at radius 2 is 1.93 bits per heavy atom. The van der Waals surface area contributed by atoms with Crippen LogP contribution in [0.15, 0.2) is 0 Å². The quantitative estimate of drug-likeness (QED) is 0.640. The third-order valence-corrected chi connectivity index (χ3v) is 3.37. The van der Waals surface area contributed by atoms with E-state index in [0.29, 0.717) is 18.1 Å². The molecule has 0 radical (unpaired) electrons. The van der Waals surface area contributed by atoms with Gasteiger partial charge in [-0.2, -0.15) is 0 Å². The van der Waals surface area contributed by atoms with E-state index >= 15 is 0 Å². The van der Waals surface area contributed by atoms with Crippen molar-refractivity contribution in [2.45, 2.75) is 52.9 Å². The Kier molecular flexibility index (Phi) is 8.77. The van der Waals surface area contributed by atoms with Gasteiger partial charge in [-0.25, -0.2) is 0 Å². The number of carbonyl (C=O) groups excluding carboxylic acids is 2. The number of hydrogen-bond donors (Lipinski definition) is 0. The van der Waals surface area contributed by atoms with Crippen molar-refractivity contribution in [2.24, 2.45) is 5.92 Å². The molecule has 0 saturated heterocycles. The summed E-state index contributed by atoms with van der Waals surface area (Å²) in [4.78, 5) is 22.2. The highest BCUT2D eigenvalue weighted by Gasteiger charge is 2.12. The van der Waals surface area contributed by atoms with Gasteiger partial charge in [-0.05, 0) is 5.92 Å². The van der Waals surface area contributed by atoms with E-state index < -0.39 is 0 Å². The zero-order valence-corrected chi connectivity index (χ0v) is 10.9. The fourth-order valence-corrected chi connectivity index (χ4v) is 1.99. The molecule has 3 heteroatoms. The van der Waals surface area contributed by atoms with Crippen molar-refractivity contribution in [3.8, 4) is 0 Å². The maximum Gasteiger partial charge on any atom is 0.186 e. The van der Waals surface area contributed by atoms with Gasteiger partial charge in [-0.15, -0.1) is 0 Å². The van der Waals surface area contributed by atoms with E-state index in [1.165, 1.54) is 19.8 Å². The third kappa shape index (κ3) is 8.67. The zero-order chi connectivity index (χ0) is 11.7. The molecular formula is C12H22O2S. The van der Waals surface area contributed by atoms with Gasteiger partial charge >= 0.3 is 0 Å². The molecule has 0 aliphatic rings. The van der Waals surface area contributed by atoms with Gasteiger partial charge in [-0.3, -0.25) is 9.59 Å². The van der Waals surface area contributed by atoms with E-state index in [2.05, 4.69) is 13.8 Å². The Balaban J connectivity index is 3.74. The van der Waals surface area contributed by atoms with Crippen molar-refractivity contribution < 1.29 is 9.59 Å². The first-order valence-electron chi connectivity index (χ1n) is 5.75. The summed E-state index contributed by atoms with van der Waals surface area (Å²) < 4.78 is 0. The molecule has 88 valence electrons. The summed E-state index contributed by atoms with van der Waals surface area (Å²) in [5.74, 6) is 1.10. The van der Waals surface area contributed by atoms with Crippen molar-refractivity contribution in [3.05, 3.63) is 0 Å². The Morgan fingerprint density at radius 3 is 2.40 bits per heavy atom. The van der Waals surface area contributed by atoms with E-state index in [1.54, 1.807) is 0 Å². The lowest BCUT2D eigenvalue weighted by Crippen LogP contribution is -2.10. The van der Waals surface area contributed by atoms with Gasteiger partial charge in [0.05, 0.1) is 5.75 Å². The predicted octanol–water partition coefficient (Wildman–Crippen LogP) is 3.44. The lowest BCUT2D eigenvalue weighted by atomic mass is 9.94. The second-order valence-corrected chi connectivity index (χ2v) is 5.09. The Labute approximate surface area is 97.2 Å². The molecule has 1 atom stereocenters. The van der Waals surface area contributed by atoms with Crippen LogP contribution in [-0.2, 0) is 9.59 Å². The molecular weight excluding hydrogens is 208 g/mol. The first-order valence-corrected chi connectivity index (χ1v) is 6.73. The molecule has 0 aromatic heterocycles. The van der Waals surface area contributed by atoms with Gasteiger partial charge in [0.15, 0.2) is 5.12 Å². The van der Waals surface area contributed by atoms with E-state index in [-0.39, 0.29) is 10.9 Å². The largest absolute Gasteiger partial charge is 0.299 e. The maximum atomic E-state index is 11.5. The highest BCUT2D eigenvalue weighted by atomic mass is 32.2. The van der Waals surface area contributed by atoms with E-state index in [9.17, 15) is 9.59 Å². The van der Waals surface area contributed by atoms with Crippen molar-refractivity contribution in [1.82, 2.24) is 0 Å². The Bertz CT molecular complexity index is 202. The molecule has 0 aliphatic heterocycles. The number of rotatable bonds is 8. The fourth-order valence-electron chi connectivity index (χ4n) is 1.51. The Morgan fingerprint density at radius 1 is 1.27 bits per heavy atom. The van der Waals surface area contributed by atoms with Crippen LogP contribution >= 0.6 is 11.8 Å². The summed E-state index contributed by atoms with van der Waals surface area (Å²) in [6.07, 6.45) is 5.25. The molecule has 0 bridgehead atoms. The van der Waals surface area contributed by atoms with E-state index in [0.717, 1.165) is 24.6 Å². The summed E-state index contributed by atoms with van der Waals surface area (Å²) in [7, 11) is 0. The smallest absolute Gasteiger partial charge is 0.186 e. The molecule has 1 unspecified atom stereocenters. The minimum atomic E-state index is 0.0324. The van der Waals surface area contributed by atoms with E-state index in [4.69, 9.17) is 0 Å². The normalized spacial score (nSPS) is 12.5. The standard InChI is InChI=1S/C12H22O2S/c1-4-6-7-11(5-2)8-12(14)9-15-10(3)13/h11H,4-9H2,1-3H3. The number of thioether (sulfide) groups is 1. The fraction of sp³-hybridized carbons (Fsp3) is 0.833. The van der Waals surface area contributed by atoms with Gasteiger partial charge < -0.3 is 0 Å². The molecule has 0 rings (SSSR count). The number of hydrogen-bond acceptors (Lipinski definition) is 3. The molecule has 0 fully saturated rings. The zero-order valence-electron chi connectivity index (χ0n) is 10.0. The molecule has 0 saturated carbocycles. The van der Waals surface area contributed by atoms with Crippen LogP contribution in [0.2, 0.25) is 0 Å². The molecule has 0 aliphatic carbocycles. The van der Waals surface area contributed by atoms with E-state index in [1.807, 2.05) is 0 Å². The molecule has 0 N–H and O–H groups in total. The molecule has 2 nitrogen and oxygen atoms in total. The topological polar surface area (TPSA) is 34.1 Å². The summed E-state index contributed by atoms with van der Waals surface area (Å²) in [5.41, 5.74) is 0. The summed E-state index contributed by atoms with van der Waals surface area (Å²) in [6.45, 7) is 5.80. The van der Waals surface area contributed by atoms with Crippen molar-refractivity contribution in [3.63, 3.8) is 0 Å². The second kappa shape index (κ2) is 8.96. The first-order chi connectivity index (χ1) is 7.10. The lowest BCUT2D eigenvalue weighted by molar-refractivity contribution is -0.118. The summed E-state index contributed by atoms with van der Waals surface area (Å²) >= 11 is 1.13.